The van der Waals surface area contributed by atoms with Crippen molar-refractivity contribution in [3.05, 3.63) is 35.6 Å². The molecule has 0 aliphatic rings. The zero-order chi connectivity index (χ0) is 14.7. The lowest BCUT2D eigenvalue weighted by molar-refractivity contribution is 0.499. The van der Waals surface area contributed by atoms with E-state index in [0.29, 0.717) is 12.5 Å². The van der Waals surface area contributed by atoms with Crippen LogP contribution in [0.5, 0.6) is 0 Å². The SMILES string of the molecule is CC(C)(C)NC(N)=NCC(C)(C)c1cccc(F)c1. The molecular formula is C15H24FN3. The molecule has 0 spiro atoms. The van der Waals surface area contributed by atoms with Crippen LogP contribution >= 0.6 is 0 Å². The van der Waals surface area contributed by atoms with Gasteiger partial charge in [0.25, 0.3) is 0 Å². The van der Waals surface area contributed by atoms with E-state index in [1.807, 2.05) is 40.7 Å². The number of benzene rings is 1. The van der Waals surface area contributed by atoms with E-state index in [1.54, 1.807) is 12.1 Å². The van der Waals surface area contributed by atoms with Gasteiger partial charge in [0, 0.05) is 11.0 Å². The summed E-state index contributed by atoms with van der Waals surface area (Å²) in [5, 5.41) is 3.11. The summed E-state index contributed by atoms with van der Waals surface area (Å²) in [7, 11) is 0. The largest absolute Gasteiger partial charge is 0.370 e. The number of rotatable bonds is 3. The van der Waals surface area contributed by atoms with Crippen molar-refractivity contribution < 1.29 is 4.39 Å². The molecule has 19 heavy (non-hydrogen) atoms. The number of nitrogens with one attached hydrogen (secondary N) is 1. The molecule has 0 aliphatic carbocycles. The molecule has 0 amide bonds. The number of aliphatic imine (C=N–C) groups is 1. The van der Waals surface area contributed by atoms with Crippen molar-refractivity contribution in [3.63, 3.8) is 0 Å². The maximum atomic E-state index is 13.2. The molecule has 0 aliphatic heterocycles. The van der Waals surface area contributed by atoms with E-state index >= 15 is 0 Å². The highest BCUT2D eigenvalue weighted by Crippen LogP contribution is 2.24. The second-order valence-corrected chi connectivity index (χ2v) is 6.47. The Morgan fingerprint density at radius 2 is 1.89 bits per heavy atom. The molecule has 0 bridgehead atoms. The lowest BCUT2D eigenvalue weighted by atomic mass is 9.85. The van der Waals surface area contributed by atoms with Gasteiger partial charge in [-0.1, -0.05) is 26.0 Å². The lowest BCUT2D eigenvalue weighted by Gasteiger charge is -2.25. The third-order valence-electron chi connectivity index (χ3n) is 2.75. The van der Waals surface area contributed by atoms with Crippen LogP contribution in [0.1, 0.15) is 40.2 Å². The van der Waals surface area contributed by atoms with Crippen molar-refractivity contribution >= 4 is 5.96 Å². The van der Waals surface area contributed by atoms with Crippen molar-refractivity contribution in [3.8, 4) is 0 Å². The fourth-order valence-electron chi connectivity index (χ4n) is 1.71. The van der Waals surface area contributed by atoms with Crippen molar-refractivity contribution in [2.45, 2.75) is 45.6 Å². The molecule has 0 radical (unpaired) electrons. The first-order valence-corrected chi connectivity index (χ1v) is 6.44. The standard InChI is InChI=1S/C15H24FN3/c1-14(2,3)19-13(17)18-10-15(4,5)11-7-6-8-12(16)9-11/h6-9H,10H2,1-5H3,(H3,17,18,19). The number of hydrogen-bond donors (Lipinski definition) is 2. The Kier molecular flexibility index (Phi) is 4.56. The zero-order valence-corrected chi connectivity index (χ0v) is 12.4. The summed E-state index contributed by atoms with van der Waals surface area (Å²) in [6.45, 7) is 10.6. The Balaban J connectivity index is 2.77. The van der Waals surface area contributed by atoms with Gasteiger partial charge < -0.3 is 11.1 Å². The van der Waals surface area contributed by atoms with Crippen LogP contribution in [-0.2, 0) is 5.41 Å². The minimum Gasteiger partial charge on any atom is -0.370 e. The normalized spacial score (nSPS) is 13.5. The number of hydrogen-bond acceptors (Lipinski definition) is 1. The summed E-state index contributed by atoms with van der Waals surface area (Å²) < 4.78 is 13.2. The van der Waals surface area contributed by atoms with Crippen molar-refractivity contribution in [2.75, 3.05) is 6.54 Å². The molecule has 4 heteroatoms. The van der Waals surface area contributed by atoms with Gasteiger partial charge in [-0.15, -0.1) is 0 Å². The molecule has 0 fully saturated rings. The predicted octanol–water partition coefficient (Wildman–Crippen LogP) is 2.81. The number of nitrogens with two attached hydrogens (primary N) is 1. The summed E-state index contributed by atoms with van der Waals surface area (Å²) in [5.41, 5.74) is 6.38. The van der Waals surface area contributed by atoms with E-state index in [1.165, 1.54) is 6.07 Å². The Hall–Kier alpha value is -1.58. The molecule has 0 saturated carbocycles. The van der Waals surface area contributed by atoms with Gasteiger partial charge in [-0.2, -0.15) is 0 Å². The highest BCUT2D eigenvalue weighted by atomic mass is 19.1. The van der Waals surface area contributed by atoms with Gasteiger partial charge in [0.15, 0.2) is 5.96 Å². The zero-order valence-electron chi connectivity index (χ0n) is 12.4. The Labute approximate surface area is 115 Å². The fraction of sp³-hybridized carbons (Fsp3) is 0.533. The first-order chi connectivity index (χ1) is 8.60. The maximum absolute atomic E-state index is 13.2. The van der Waals surface area contributed by atoms with Crippen LogP contribution in [0, 0.1) is 5.82 Å². The highest BCUT2D eigenvalue weighted by molar-refractivity contribution is 5.78. The van der Waals surface area contributed by atoms with E-state index in [9.17, 15) is 4.39 Å². The third-order valence-corrected chi connectivity index (χ3v) is 2.75. The molecular weight excluding hydrogens is 241 g/mol. The monoisotopic (exact) mass is 265 g/mol. The van der Waals surface area contributed by atoms with E-state index in [4.69, 9.17) is 5.73 Å². The highest BCUT2D eigenvalue weighted by Gasteiger charge is 2.21. The van der Waals surface area contributed by atoms with Crippen LogP contribution in [-0.4, -0.2) is 18.0 Å². The topological polar surface area (TPSA) is 50.4 Å². The minimum atomic E-state index is -0.258. The minimum absolute atomic E-state index is 0.115. The van der Waals surface area contributed by atoms with Crippen molar-refractivity contribution in [2.24, 2.45) is 10.7 Å². The van der Waals surface area contributed by atoms with E-state index in [0.717, 1.165) is 5.56 Å². The molecule has 1 rings (SSSR count). The summed E-state index contributed by atoms with van der Waals surface area (Å²) in [6, 6.07) is 6.61. The van der Waals surface area contributed by atoms with E-state index in [2.05, 4.69) is 10.3 Å². The van der Waals surface area contributed by atoms with Gasteiger partial charge >= 0.3 is 0 Å². The van der Waals surface area contributed by atoms with Gasteiger partial charge in [-0.3, -0.25) is 4.99 Å². The fourth-order valence-corrected chi connectivity index (χ4v) is 1.71. The van der Waals surface area contributed by atoms with E-state index < -0.39 is 0 Å². The molecule has 0 atom stereocenters. The molecule has 0 heterocycles. The van der Waals surface area contributed by atoms with Crippen LogP contribution in [0.15, 0.2) is 29.3 Å². The van der Waals surface area contributed by atoms with Gasteiger partial charge in [0.2, 0.25) is 0 Å². The predicted molar refractivity (Wildman–Crippen MR) is 78.8 cm³/mol. The quantitative estimate of drug-likeness (QED) is 0.652. The first kappa shape index (κ1) is 15.5. The van der Waals surface area contributed by atoms with Gasteiger partial charge in [0.1, 0.15) is 5.82 Å². The summed E-state index contributed by atoms with van der Waals surface area (Å²) in [6.07, 6.45) is 0. The molecule has 3 N–H and O–H groups in total. The van der Waals surface area contributed by atoms with Crippen molar-refractivity contribution in [1.29, 1.82) is 0 Å². The Morgan fingerprint density at radius 1 is 1.26 bits per heavy atom. The van der Waals surface area contributed by atoms with Crippen molar-refractivity contribution in [1.82, 2.24) is 5.32 Å². The summed E-state index contributed by atoms with van der Waals surface area (Å²) >= 11 is 0. The average Bonchev–Trinajstić information content (AvgIpc) is 2.24. The molecule has 0 saturated heterocycles. The van der Waals surface area contributed by atoms with Crippen LogP contribution < -0.4 is 11.1 Å². The number of halogens is 1. The second kappa shape index (κ2) is 5.59. The number of nitrogens with zero attached hydrogens (tertiary/aromatic N) is 1. The number of guanidine groups is 1. The molecule has 3 nitrogen and oxygen atoms in total. The Bertz CT molecular complexity index is 459. The molecule has 0 unspecified atom stereocenters. The summed E-state index contributed by atoms with van der Waals surface area (Å²) in [4.78, 5) is 4.35. The van der Waals surface area contributed by atoms with Crippen LogP contribution in [0.3, 0.4) is 0 Å². The smallest absolute Gasteiger partial charge is 0.189 e. The first-order valence-electron chi connectivity index (χ1n) is 6.44. The second-order valence-electron chi connectivity index (χ2n) is 6.47. The maximum Gasteiger partial charge on any atom is 0.189 e. The molecule has 1 aromatic carbocycles. The van der Waals surface area contributed by atoms with E-state index in [-0.39, 0.29) is 16.8 Å². The van der Waals surface area contributed by atoms with Crippen LogP contribution in [0.2, 0.25) is 0 Å². The molecule has 0 aromatic heterocycles. The molecule has 106 valence electrons. The van der Waals surface area contributed by atoms with Crippen LogP contribution in [0.25, 0.3) is 0 Å². The Morgan fingerprint density at radius 3 is 2.42 bits per heavy atom. The lowest BCUT2D eigenvalue weighted by Crippen LogP contribution is -2.45. The van der Waals surface area contributed by atoms with Crippen LogP contribution in [0.4, 0.5) is 4.39 Å². The van der Waals surface area contributed by atoms with Gasteiger partial charge in [-0.05, 0) is 38.5 Å². The van der Waals surface area contributed by atoms with Gasteiger partial charge in [0.05, 0.1) is 6.54 Å². The summed E-state index contributed by atoms with van der Waals surface area (Å²) in [5.74, 6) is 0.187. The average molecular weight is 265 g/mol. The molecule has 1 aromatic rings. The van der Waals surface area contributed by atoms with Gasteiger partial charge in [-0.25, -0.2) is 4.39 Å². The third kappa shape index (κ3) is 5.28.